The molecule has 0 bridgehead atoms. The van der Waals surface area contributed by atoms with Crippen molar-refractivity contribution in [3.8, 4) is 5.75 Å². The lowest BCUT2D eigenvalue weighted by molar-refractivity contribution is -0.145. The summed E-state index contributed by atoms with van der Waals surface area (Å²) in [6.45, 7) is 2.95. The predicted octanol–water partition coefficient (Wildman–Crippen LogP) is 4.08. The van der Waals surface area contributed by atoms with Gasteiger partial charge in [0, 0.05) is 32.1 Å². The van der Waals surface area contributed by atoms with E-state index in [4.69, 9.17) is 4.74 Å². The number of piperazine rings is 1. The molecule has 1 saturated heterocycles. The molecule has 2 aromatic carbocycles. The highest BCUT2D eigenvalue weighted by Gasteiger charge is 2.46. The van der Waals surface area contributed by atoms with Crippen molar-refractivity contribution in [1.29, 1.82) is 0 Å². The van der Waals surface area contributed by atoms with Crippen LogP contribution in [0.3, 0.4) is 0 Å². The molecular weight excluding hydrogens is 395 g/mol. The molecule has 5 nitrogen and oxygen atoms in total. The van der Waals surface area contributed by atoms with E-state index in [1.807, 2.05) is 34.1 Å². The summed E-state index contributed by atoms with van der Waals surface area (Å²) in [4.78, 5) is 30.0. The lowest BCUT2D eigenvalue weighted by atomic mass is 9.77. The van der Waals surface area contributed by atoms with Crippen LogP contribution in [-0.4, -0.2) is 48.4 Å². The summed E-state index contributed by atoms with van der Waals surface area (Å²) in [6.07, 6.45) is 3.49. The average Bonchev–Trinajstić information content (AvgIpc) is 3.29. The topological polar surface area (TPSA) is 49.9 Å². The first-order valence-electron chi connectivity index (χ1n) is 10.9. The third-order valence-electron chi connectivity index (χ3n) is 6.83. The van der Waals surface area contributed by atoms with Gasteiger partial charge in [0.2, 0.25) is 11.8 Å². The van der Waals surface area contributed by atoms with E-state index in [0.717, 1.165) is 36.8 Å². The first kappa shape index (κ1) is 21.3. The molecule has 2 amide bonds. The zero-order valence-electron chi connectivity index (χ0n) is 18.1. The van der Waals surface area contributed by atoms with Crippen molar-refractivity contribution in [2.75, 3.05) is 26.7 Å². The second-order valence-electron chi connectivity index (χ2n) is 8.52. The molecule has 4 rings (SSSR count). The number of methoxy groups -OCH3 is 1. The molecule has 1 heterocycles. The number of rotatable bonds is 4. The van der Waals surface area contributed by atoms with Crippen molar-refractivity contribution in [1.82, 2.24) is 9.80 Å². The Hall–Kier alpha value is -2.89. The van der Waals surface area contributed by atoms with Crippen LogP contribution >= 0.6 is 0 Å². The highest BCUT2D eigenvalue weighted by Crippen LogP contribution is 2.44. The van der Waals surface area contributed by atoms with Gasteiger partial charge in [-0.2, -0.15) is 0 Å². The van der Waals surface area contributed by atoms with Gasteiger partial charge in [0.25, 0.3) is 0 Å². The molecular formula is C25H29FN2O3. The number of hydrogen-bond acceptors (Lipinski definition) is 3. The molecule has 1 aliphatic carbocycles. The normalized spacial score (nSPS) is 20.5. The number of carbonyl (C=O) groups is 2. The third kappa shape index (κ3) is 3.91. The van der Waals surface area contributed by atoms with Gasteiger partial charge in [-0.25, -0.2) is 4.39 Å². The molecule has 0 radical (unpaired) electrons. The minimum Gasteiger partial charge on any atom is -0.496 e. The zero-order chi connectivity index (χ0) is 22.0. The van der Waals surface area contributed by atoms with Crippen LogP contribution in [0.1, 0.15) is 49.8 Å². The third-order valence-corrected chi connectivity index (χ3v) is 6.83. The number of carbonyl (C=O) groups excluding carboxylic acids is 2. The first-order valence-corrected chi connectivity index (χ1v) is 10.9. The Kier molecular flexibility index (Phi) is 5.99. The molecule has 2 fully saturated rings. The fourth-order valence-electron chi connectivity index (χ4n) is 5.23. The molecule has 31 heavy (non-hydrogen) atoms. The molecule has 0 spiro atoms. The standard InChI is InChI=1S/C25H29FN2O3/c1-18(29)28-16-15-27(17-22(28)21-7-3-4-8-23(21)31-2)24(30)25(13-5-6-14-25)19-9-11-20(26)12-10-19/h3-4,7-12,22H,5-6,13-17H2,1-2H3/t22-/m0/s1. The quantitative estimate of drug-likeness (QED) is 0.743. The van der Waals surface area contributed by atoms with Crippen molar-refractivity contribution in [2.45, 2.75) is 44.1 Å². The van der Waals surface area contributed by atoms with E-state index < -0.39 is 5.41 Å². The monoisotopic (exact) mass is 424 g/mol. The van der Waals surface area contributed by atoms with Gasteiger partial charge >= 0.3 is 0 Å². The minimum atomic E-state index is -0.614. The minimum absolute atomic E-state index is 0.0166. The van der Waals surface area contributed by atoms with E-state index in [2.05, 4.69) is 0 Å². The van der Waals surface area contributed by atoms with E-state index in [1.165, 1.54) is 12.1 Å². The summed E-state index contributed by atoms with van der Waals surface area (Å²) in [5, 5.41) is 0. The first-order chi connectivity index (χ1) is 15.0. The van der Waals surface area contributed by atoms with E-state index in [-0.39, 0.29) is 23.7 Å². The largest absolute Gasteiger partial charge is 0.496 e. The van der Waals surface area contributed by atoms with Crippen molar-refractivity contribution in [3.05, 3.63) is 65.5 Å². The van der Waals surface area contributed by atoms with Crippen LogP contribution < -0.4 is 4.74 Å². The lowest BCUT2D eigenvalue weighted by Crippen LogP contribution is -2.56. The Morgan fingerprint density at radius 1 is 1.03 bits per heavy atom. The average molecular weight is 425 g/mol. The predicted molar refractivity (Wildman–Crippen MR) is 116 cm³/mol. The van der Waals surface area contributed by atoms with E-state index in [1.54, 1.807) is 26.2 Å². The van der Waals surface area contributed by atoms with Crippen LogP contribution in [0.4, 0.5) is 4.39 Å². The number of ether oxygens (including phenoxy) is 1. The molecule has 6 heteroatoms. The zero-order valence-corrected chi connectivity index (χ0v) is 18.1. The summed E-state index contributed by atoms with van der Waals surface area (Å²) in [5.74, 6) is 0.481. The molecule has 1 atom stereocenters. The van der Waals surface area contributed by atoms with Crippen LogP contribution in [-0.2, 0) is 15.0 Å². The molecule has 2 aromatic rings. The fraction of sp³-hybridized carbons (Fsp3) is 0.440. The van der Waals surface area contributed by atoms with Crippen LogP contribution in [0.15, 0.2) is 48.5 Å². The fourth-order valence-corrected chi connectivity index (χ4v) is 5.23. The van der Waals surface area contributed by atoms with Gasteiger partial charge in [-0.3, -0.25) is 9.59 Å². The van der Waals surface area contributed by atoms with Gasteiger partial charge in [-0.1, -0.05) is 43.2 Å². The molecule has 0 N–H and O–H groups in total. The number of hydrogen-bond donors (Lipinski definition) is 0. The highest BCUT2D eigenvalue weighted by atomic mass is 19.1. The van der Waals surface area contributed by atoms with Gasteiger partial charge in [-0.05, 0) is 36.6 Å². The summed E-state index contributed by atoms with van der Waals surface area (Å²) in [6, 6.07) is 13.8. The van der Waals surface area contributed by atoms with Gasteiger partial charge < -0.3 is 14.5 Å². The smallest absolute Gasteiger partial charge is 0.233 e. The van der Waals surface area contributed by atoms with Gasteiger partial charge in [0.05, 0.1) is 18.6 Å². The molecule has 1 saturated carbocycles. The number of halogens is 1. The Morgan fingerprint density at radius 2 is 1.71 bits per heavy atom. The van der Waals surface area contributed by atoms with Crippen molar-refractivity contribution in [3.63, 3.8) is 0 Å². The lowest BCUT2D eigenvalue weighted by Gasteiger charge is -2.44. The van der Waals surface area contributed by atoms with Gasteiger partial charge in [-0.15, -0.1) is 0 Å². The van der Waals surface area contributed by atoms with Gasteiger partial charge in [0.15, 0.2) is 0 Å². The molecule has 2 aliphatic rings. The molecule has 1 aliphatic heterocycles. The summed E-state index contributed by atoms with van der Waals surface area (Å²) >= 11 is 0. The Labute approximate surface area is 182 Å². The number of amides is 2. The Bertz CT molecular complexity index is 953. The van der Waals surface area contributed by atoms with E-state index >= 15 is 0 Å². The SMILES string of the molecule is COc1ccccc1[C@@H]1CN(C(=O)C2(c3ccc(F)cc3)CCCC2)CCN1C(C)=O. The number of para-hydroxylation sites is 1. The Morgan fingerprint density at radius 3 is 2.35 bits per heavy atom. The van der Waals surface area contributed by atoms with Crippen molar-refractivity contribution in [2.24, 2.45) is 0 Å². The summed E-state index contributed by atoms with van der Waals surface area (Å²) < 4.78 is 19.1. The maximum absolute atomic E-state index is 13.9. The highest BCUT2D eigenvalue weighted by molar-refractivity contribution is 5.89. The second-order valence-corrected chi connectivity index (χ2v) is 8.52. The van der Waals surface area contributed by atoms with E-state index in [0.29, 0.717) is 25.4 Å². The van der Waals surface area contributed by atoms with Crippen LogP contribution in [0.5, 0.6) is 5.75 Å². The van der Waals surface area contributed by atoms with Gasteiger partial charge in [0.1, 0.15) is 11.6 Å². The second kappa shape index (κ2) is 8.69. The van der Waals surface area contributed by atoms with Crippen molar-refractivity contribution >= 4 is 11.8 Å². The summed E-state index contributed by atoms with van der Waals surface area (Å²) in [7, 11) is 1.62. The maximum Gasteiger partial charge on any atom is 0.233 e. The van der Waals surface area contributed by atoms with Crippen LogP contribution in [0.2, 0.25) is 0 Å². The molecule has 164 valence electrons. The van der Waals surface area contributed by atoms with Crippen molar-refractivity contribution < 1.29 is 18.7 Å². The number of nitrogens with zero attached hydrogens (tertiary/aromatic N) is 2. The van der Waals surface area contributed by atoms with E-state index in [9.17, 15) is 14.0 Å². The Balaban J connectivity index is 1.67. The summed E-state index contributed by atoms with van der Waals surface area (Å²) in [5.41, 5.74) is 1.18. The molecule has 0 aromatic heterocycles. The maximum atomic E-state index is 13.9. The van der Waals surface area contributed by atoms with Crippen LogP contribution in [0, 0.1) is 5.82 Å². The van der Waals surface area contributed by atoms with Crippen LogP contribution in [0.25, 0.3) is 0 Å². The number of benzene rings is 2. The molecule has 0 unspecified atom stereocenters.